The summed E-state index contributed by atoms with van der Waals surface area (Å²) in [6, 6.07) is 19.8. The van der Waals surface area contributed by atoms with Crippen molar-refractivity contribution in [1.82, 2.24) is 4.31 Å². The molecule has 4 rings (SSSR count). The highest BCUT2D eigenvalue weighted by Gasteiger charge is 2.27. The summed E-state index contributed by atoms with van der Waals surface area (Å²) in [6.07, 6.45) is 2.66. The van der Waals surface area contributed by atoms with E-state index in [9.17, 15) is 18.0 Å². The zero-order valence-corrected chi connectivity index (χ0v) is 20.4. The first-order chi connectivity index (χ1) is 16.9. The van der Waals surface area contributed by atoms with E-state index in [-0.39, 0.29) is 27.5 Å². The van der Waals surface area contributed by atoms with E-state index in [4.69, 9.17) is 4.74 Å². The molecule has 1 saturated heterocycles. The lowest BCUT2D eigenvalue weighted by atomic mass is 9.98. The zero-order valence-electron chi connectivity index (χ0n) is 19.6. The summed E-state index contributed by atoms with van der Waals surface area (Å²) in [6.45, 7) is 3.10. The summed E-state index contributed by atoms with van der Waals surface area (Å²) in [4.78, 5) is 26.5. The Balaban J connectivity index is 1.67. The number of hydrogen-bond donors (Lipinski definition) is 1. The third kappa shape index (κ3) is 5.44. The first kappa shape index (κ1) is 24.6. The molecule has 3 aromatic rings. The lowest BCUT2D eigenvalue weighted by molar-refractivity contribution is 0.0996. The Morgan fingerprint density at radius 3 is 2.23 bits per heavy atom. The molecule has 0 spiro atoms. The van der Waals surface area contributed by atoms with Crippen LogP contribution in [0.2, 0.25) is 0 Å². The number of nitrogens with zero attached hydrogens (tertiary/aromatic N) is 1. The fourth-order valence-electron chi connectivity index (χ4n) is 4.12. The number of anilines is 1. The van der Waals surface area contributed by atoms with Crippen molar-refractivity contribution in [3.8, 4) is 5.75 Å². The van der Waals surface area contributed by atoms with Gasteiger partial charge < -0.3 is 10.1 Å². The number of carbonyl (C=O) groups excluding carboxylic acids is 2. The van der Waals surface area contributed by atoms with Gasteiger partial charge in [-0.05, 0) is 44.0 Å². The van der Waals surface area contributed by atoms with Crippen molar-refractivity contribution in [1.29, 1.82) is 0 Å². The second kappa shape index (κ2) is 10.8. The standard InChI is InChI=1S/C27H28N2O5S/c1-2-34-25-16-15-21(35(32,33)29-17-9-4-10-18-29)19-24(25)28-27(31)23-14-8-7-13-22(23)26(30)20-11-5-3-6-12-20/h3,5-8,11-16,19H,2,4,9-10,17-18H2,1H3,(H,28,31). The minimum atomic E-state index is -3.70. The van der Waals surface area contributed by atoms with Gasteiger partial charge in [0.1, 0.15) is 5.75 Å². The fourth-order valence-corrected chi connectivity index (χ4v) is 5.66. The van der Waals surface area contributed by atoms with Gasteiger partial charge in [-0.3, -0.25) is 9.59 Å². The number of hydrogen-bond acceptors (Lipinski definition) is 5. The van der Waals surface area contributed by atoms with Crippen LogP contribution in [0.5, 0.6) is 5.75 Å². The van der Waals surface area contributed by atoms with E-state index in [2.05, 4.69) is 5.32 Å². The number of amides is 1. The largest absolute Gasteiger partial charge is 0.492 e. The Bertz CT molecular complexity index is 1320. The molecular formula is C27H28N2O5S. The molecule has 8 heteroatoms. The Morgan fingerprint density at radius 1 is 0.886 bits per heavy atom. The highest BCUT2D eigenvalue weighted by Crippen LogP contribution is 2.31. The van der Waals surface area contributed by atoms with Gasteiger partial charge in [-0.25, -0.2) is 8.42 Å². The summed E-state index contributed by atoms with van der Waals surface area (Å²) in [5.74, 6) is -0.452. The minimum Gasteiger partial charge on any atom is -0.492 e. The van der Waals surface area contributed by atoms with Crippen molar-refractivity contribution < 1.29 is 22.7 Å². The summed E-state index contributed by atoms with van der Waals surface area (Å²) >= 11 is 0. The Hall–Kier alpha value is -3.49. The van der Waals surface area contributed by atoms with Gasteiger partial charge in [-0.1, -0.05) is 55.0 Å². The predicted molar refractivity (Wildman–Crippen MR) is 134 cm³/mol. The molecule has 1 aliphatic heterocycles. The number of nitrogens with one attached hydrogen (secondary N) is 1. The number of benzene rings is 3. The van der Waals surface area contributed by atoms with Crippen LogP contribution in [0.1, 0.15) is 52.5 Å². The second-order valence-corrected chi connectivity index (χ2v) is 10.2. The smallest absolute Gasteiger partial charge is 0.256 e. The lowest BCUT2D eigenvalue weighted by Crippen LogP contribution is -2.35. The maximum absolute atomic E-state index is 13.3. The van der Waals surface area contributed by atoms with Gasteiger partial charge in [-0.15, -0.1) is 0 Å². The van der Waals surface area contributed by atoms with Gasteiger partial charge in [0, 0.05) is 24.2 Å². The molecule has 182 valence electrons. The summed E-state index contributed by atoms with van der Waals surface area (Å²) in [5.41, 5.74) is 1.15. The van der Waals surface area contributed by atoms with Crippen LogP contribution in [-0.4, -0.2) is 44.1 Å². The van der Waals surface area contributed by atoms with Gasteiger partial charge in [0.05, 0.1) is 22.8 Å². The van der Waals surface area contributed by atoms with Crippen molar-refractivity contribution in [3.63, 3.8) is 0 Å². The van der Waals surface area contributed by atoms with E-state index in [1.165, 1.54) is 16.4 Å². The van der Waals surface area contributed by atoms with Gasteiger partial charge in [-0.2, -0.15) is 4.31 Å². The molecule has 0 saturated carbocycles. The third-order valence-electron chi connectivity index (χ3n) is 5.90. The molecule has 0 aliphatic carbocycles. The van der Waals surface area contributed by atoms with Crippen molar-refractivity contribution in [3.05, 3.63) is 89.5 Å². The Labute approximate surface area is 205 Å². The third-order valence-corrected chi connectivity index (χ3v) is 7.80. The number of piperidine rings is 1. The Morgan fingerprint density at radius 2 is 1.54 bits per heavy atom. The van der Waals surface area contributed by atoms with Crippen molar-refractivity contribution in [2.75, 3.05) is 25.0 Å². The van der Waals surface area contributed by atoms with Crippen LogP contribution in [0.25, 0.3) is 0 Å². The topological polar surface area (TPSA) is 92.8 Å². The van der Waals surface area contributed by atoms with Crippen LogP contribution in [-0.2, 0) is 10.0 Å². The van der Waals surface area contributed by atoms with Gasteiger partial charge in [0.2, 0.25) is 10.0 Å². The Kier molecular flexibility index (Phi) is 7.63. The van der Waals surface area contributed by atoms with Gasteiger partial charge in [0.25, 0.3) is 5.91 Å². The molecule has 0 bridgehead atoms. The molecule has 1 aliphatic rings. The summed E-state index contributed by atoms with van der Waals surface area (Å²) in [5, 5.41) is 2.77. The van der Waals surface area contributed by atoms with Gasteiger partial charge >= 0.3 is 0 Å². The fraction of sp³-hybridized carbons (Fsp3) is 0.259. The van der Waals surface area contributed by atoms with Crippen molar-refractivity contribution in [2.24, 2.45) is 0 Å². The van der Waals surface area contributed by atoms with E-state index in [1.54, 1.807) is 61.5 Å². The highest BCUT2D eigenvalue weighted by atomic mass is 32.2. The predicted octanol–water partition coefficient (Wildman–Crippen LogP) is 4.74. The zero-order chi connectivity index (χ0) is 24.8. The molecule has 1 heterocycles. The number of carbonyl (C=O) groups is 2. The van der Waals surface area contributed by atoms with Crippen LogP contribution in [0.3, 0.4) is 0 Å². The number of sulfonamides is 1. The summed E-state index contributed by atoms with van der Waals surface area (Å²) < 4.78 is 33.5. The van der Waals surface area contributed by atoms with Crippen LogP contribution >= 0.6 is 0 Å². The molecule has 0 radical (unpaired) electrons. The molecule has 35 heavy (non-hydrogen) atoms. The van der Waals surface area contributed by atoms with E-state index >= 15 is 0 Å². The first-order valence-corrected chi connectivity index (χ1v) is 13.1. The van der Waals surface area contributed by atoms with Crippen LogP contribution < -0.4 is 10.1 Å². The second-order valence-electron chi connectivity index (χ2n) is 8.25. The van der Waals surface area contributed by atoms with E-state index in [1.807, 2.05) is 6.07 Å². The SMILES string of the molecule is CCOc1ccc(S(=O)(=O)N2CCCCC2)cc1NC(=O)c1ccccc1C(=O)c1ccccc1. The first-order valence-electron chi connectivity index (χ1n) is 11.7. The number of rotatable bonds is 8. The van der Waals surface area contributed by atoms with Crippen LogP contribution in [0.15, 0.2) is 77.7 Å². The quantitative estimate of drug-likeness (QED) is 0.459. The molecule has 0 unspecified atom stereocenters. The van der Waals surface area contributed by atoms with E-state index < -0.39 is 15.9 Å². The maximum atomic E-state index is 13.3. The van der Waals surface area contributed by atoms with Gasteiger partial charge in [0.15, 0.2) is 5.78 Å². The molecule has 1 amide bonds. The van der Waals surface area contributed by atoms with E-state index in [0.717, 1.165) is 19.3 Å². The molecular weight excluding hydrogens is 464 g/mol. The normalized spacial score (nSPS) is 14.3. The summed E-state index contributed by atoms with van der Waals surface area (Å²) in [7, 11) is -3.70. The monoisotopic (exact) mass is 492 g/mol. The number of ketones is 1. The lowest BCUT2D eigenvalue weighted by Gasteiger charge is -2.26. The molecule has 1 fully saturated rings. The molecule has 7 nitrogen and oxygen atoms in total. The van der Waals surface area contributed by atoms with Crippen LogP contribution in [0, 0.1) is 0 Å². The van der Waals surface area contributed by atoms with Crippen molar-refractivity contribution in [2.45, 2.75) is 31.1 Å². The van der Waals surface area contributed by atoms with Crippen LogP contribution in [0.4, 0.5) is 5.69 Å². The maximum Gasteiger partial charge on any atom is 0.256 e. The number of ether oxygens (including phenoxy) is 1. The molecule has 0 atom stereocenters. The molecule has 1 N–H and O–H groups in total. The average Bonchev–Trinajstić information content (AvgIpc) is 2.90. The van der Waals surface area contributed by atoms with E-state index in [0.29, 0.717) is 31.0 Å². The van der Waals surface area contributed by atoms with Crippen molar-refractivity contribution >= 4 is 27.4 Å². The minimum absolute atomic E-state index is 0.0896. The average molecular weight is 493 g/mol. The molecule has 3 aromatic carbocycles. The highest BCUT2D eigenvalue weighted by molar-refractivity contribution is 7.89. The molecule has 0 aromatic heterocycles.